The van der Waals surface area contributed by atoms with E-state index in [4.69, 9.17) is 15.1 Å². The van der Waals surface area contributed by atoms with Gasteiger partial charge in [-0.1, -0.05) is 0 Å². The summed E-state index contributed by atoms with van der Waals surface area (Å²) >= 11 is 1.58. The van der Waals surface area contributed by atoms with Crippen molar-refractivity contribution in [2.45, 2.75) is 37.8 Å². The number of rotatable bonds is 8. The molecule has 1 saturated heterocycles. The quantitative estimate of drug-likeness (QED) is 0.241. The normalized spacial score (nSPS) is 28.8. The number of epoxide rings is 1. The van der Waals surface area contributed by atoms with Gasteiger partial charge >= 0.3 is 0 Å². The summed E-state index contributed by atoms with van der Waals surface area (Å²) in [6.07, 6.45) is -0.714. The highest BCUT2D eigenvalue weighted by molar-refractivity contribution is 7.99. The van der Waals surface area contributed by atoms with E-state index in [9.17, 15) is 5.11 Å². The van der Waals surface area contributed by atoms with Crippen molar-refractivity contribution in [3.8, 4) is 0 Å². The van der Waals surface area contributed by atoms with Crippen molar-refractivity contribution in [3.63, 3.8) is 0 Å². The molecule has 90 valence electrons. The molecule has 4 atom stereocenters. The van der Waals surface area contributed by atoms with Gasteiger partial charge in [-0.15, -0.1) is 0 Å². The Balaban J connectivity index is 1.98. The van der Waals surface area contributed by atoms with Crippen LogP contribution in [0.2, 0.25) is 0 Å². The summed E-state index contributed by atoms with van der Waals surface area (Å²) in [6.45, 7) is 1.97. The molecule has 1 fully saturated rings. The van der Waals surface area contributed by atoms with Gasteiger partial charge in [0, 0.05) is 5.75 Å². The molecule has 3 N–H and O–H groups in total. The third-order valence-electron chi connectivity index (χ3n) is 2.23. The first-order valence-electron chi connectivity index (χ1n) is 5.02. The predicted octanol–water partition coefficient (Wildman–Crippen LogP) is 0.108. The Morgan fingerprint density at radius 1 is 1.40 bits per heavy atom. The van der Waals surface area contributed by atoms with Gasteiger partial charge in [-0.2, -0.15) is 11.8 Å². The van der Waals surface area contributed by atoms with E-state index in [0.29, 0.717) is 12.4 Å². The van der Waals surface area contributed by atoms with Crippen LogP contribution in [0.1, 0.15) is 13.3 Å². The van der Waals surface area contributed by atoms with Crippen molar-refractivity contribution in [2.24, 2.45) is 0 Å². The van der Waals surface area contributed by atoms with Crippen molar-refractivity contribution in [1.82, 2.24) is 0 Å². The Hall–Kier alpha value is 0.150. The van der Waals surface area contributed by atoms with Crippen molar-refractivity contribution >= 4 is 11.8 Å². The highest BCUT2D eigenvalue weighted by Crippen LogP contribution is 2.29. The lowest BCUT2D eigenvalue weighted by atomic mass is 10.1. The van der Waals surface area contributed by atoms with Gasteiger partial charge in [0.2, 0.25) is 0 Å². The zero-order chi connectivity index (χ0) is 11.3. The summed E-state index contributed by atoms with van der Waals surface area (Å²) in [5, 5.41) is 26.9. The summed E-state index contributed by atoms with van der Waals surface area (Å²) in [5.74, 6) is 1.41. The summed E-state index contributed by atoms with van der Waals surface area (Å²) in [7, 11) is 0. The molecular weight excluding hydrogens is 220 g/mol. The Kier molecular flexibility index (Phi) is 5.88. The SMILES string of the molecule is CC(O)C1OC1C(O)CSCCCOO. The van der Waals surface area contributed by atoms with E-state index in [1.807, 2.05) is 0 Å². The molecule has 5 nitrogen and oxygen atoms in total. The summed E-state index contributed by atoms with van der Waals surface area (Å²) in [4.78, 5) is 3.92. The molecule has 1 heterocycles. The average molecular weight is 238 g/mol. The van der Waals surface area contributed by atoms with Crippen LogP contribution in [0.4, 0.5) is 0 Å². The molecule has 1 rings (SSSR count). The standard InChI is InChI=1S/C9H18O5S/c1-6(10)8-9(14-8)7(11)5-15-4-2-3-13-12/h6-12H,2-5H2,1H3. The van der Waals surface area contributed by atoms with Gasteiger partial charge in [0.1, 0.15) is 12.2 Å². The Labute approximate surface area is 93.3 Å². The van der Waals surface area contributed by atoms with E-state index >= 15 is 0 Å². The van der Waals surface area contributed by atoms with E-state index < -0.39 is 12.2 Å². The lowest BCUT2D eigenvalue weighted by Gasteiger charge is -2.07. The number of ether oxygens (including phenoxy) is 1. The lowest BCUT2D eigenvalue weighted by Crippen LogP contribution is -2.24. The van der Waals surface area contributed by atoms with Gasteiger partial charge in [-0.05, 0) is 19.1 Å². The molecular formula is C9H18O5S. The van der Waals surface area contributed by atoms with Crippen LogP contribution in [0.25, 0.3) is 0 Å². The van der Waals surface area contributed by atoms with Crippen LogP contribution < -0.4 is 0 Å². The Morgan fingerprint density at radius 2 is 2.13 bits per heavy atom. The molecule has 0 bridgehead atoms. The van der Waals surface area contributed by atoms with Crippen molar-refractivity contribution in [2.75, 3.05) is 18.1 Å². The fourth-order valence-electron chi connectivity index (χ4n) is 1.36. The summed E-state index contributed by atoms with van der Waals surface area (Å²) in [5.41, 5.74) is 0. The summed E-state index contributed by atoms with van der Waals surface area (Å²) in [6, 6.07) is 0. The monoisotopic (exact) mass is 238 g/mol. The fourth-order valence-corrected chi connectivity index (χ4v) is 2.28. The second-order valence-electron chi connectivity index (χ2n) is 3.63. The Morgan fingerprint density at radius 3 is 2.67 bits per heavy atom. The van der Waals surface area contributed by atoms with Crippen LogP contribution in [0.5, 0.6) is 0 Å². The third-order valence-corrected chi connectivity index (χ3v) is 3.38. The van der Waals surface area contributed by atoms with Crippen LogP contribution >= 0.6 is 11.8 Å². The highest BCUT2D eigenvalue weighted by atomic mass is 32.2. The van der Waals surface area contributed by atoms with E-state index in [1.165, 1.54) is 0 Å². The molecule has 0 saturated carbocycles. The van der Waals surface area contributed by atoms with Gasteiger partial charge in [-0.3, -0.25) is 5.26 Å². The molecule has 0 radical (unpaired) electrons. The minimum Gasteiger partial charge on any atom is -0.391 e. The average Bonchev–Trinajstić information content (AvgIpc) is 2.96. The van der Waals surface area contributed by atoms with E-state index in [-0.39, 0.29) is 12.2 Å². The molecule has 0 amide bonds. The van der Waals surface area contributed by atoms with Crippen molar-refractivity contribution < 1.29 is 25.1 Å². The minimum absolute atomic E-state index is 0.207. The smallest absolute Gasteiger partial charge is 0.113 e. The molecule has 4 unspecified atom stereocenters. The maximum absolute atomic E-state index is 9.63. The number of hydrogen-bond acceptors (Lipinski definition) is 6. The minimum atomic E-state index is -0.523. The van der Waals surface area contributed by atoms with Crippen LogP contribution in [0.3, 0.4) is 0 Å². The van der Waals surface area contributed by atoms with Crippen LogP contribution in [-0.2, 0) is 9.62 Å². The molecule has 6 heteroatoms. The van der Waals surface area contributed by atoms with Gasteiger partial charge in [-0.25, -0.2) is 4.89 Å². The van der Waals surface area contributed by atoms with Crippen LogP contribution in [-0.4, -0.2) is 58.0 Å². The zero-order valence-corrected chi connectivity index (χ0v) is 9.52. The largest absolute Gasteiger partial charge is 0.391 e. The number of aliphatic hydroxyl groups is 2. The lowest BCUT2D eigenvalue weighted by molar-refractivity contribution is -0.241. The van der Waals surface area contributed by atoms with Gasteiger partial charge in [0.25, 0.3) is 0 Å². The number of aliphatic hydroxyl groups excluding tert-OH is 2. The maximum Gasteiger partial charge on any atom is 0.113 e. The number of thioether (sulfide) groups is 1. The molecule has 0 aromatic rings. The number of hydrogen-bond donors (Lipinski definition) is 3. The molecule has 1 aliphatic heterocycles. The van der Waals surface area contributed by atoms with E-state index in [1.54, 1.807) is 18.7 Å². The molecule has 0 aromatic heterocycles. The van der Waals surface area contributed by atoms with E-state index in [0.717, 1.165) is 12.2 Å². The van der Waals surface area contributed by atoms with Gasteiger partial charge in [0.15, 0.2) is 0 Å². The Bertz CT molecular complexity index is 178. The van der Waals surface area contributed by atoms with Crippen LogP contribution in [0.15, 0.2) is 0 Å². The maximum atomic E-state index is 9.63. The summed E-state index contributed by atoms with van der Waals surface area (Å²) < 4.78 is 5.14. The molecule has 1 aliphatic rings. The second-order valence-corrected chi connectivity index (χ2v) is 4.78. The van der Waals surface area contributed by atoms with E-state index in [2.05, 4.69) is 4.89 Å². The fraction of sp³-hybridized carbons (Fsp3) is 1.00. The zero-order valence-electron chi connectivity index (χ0n) is 8.70. The molecule has 0 aliphatic carbocycles. The molecule has 15 heavy (non-hydrogen) atoms. The van der Waals surface area contributed by atoms with Crippen molar-refractivity contribution in [3.05, 3.63) is 0 Å². The first-order valence-corrected chi connectivity index (χ1v) is 6.18. The van der Waals surface area contributed by atoms with Crippen molar-refractivity contribution in [1.29, 1.82) is 0 Å². The topological polar surface area (TPSA) is 82.5 Å². The van der Waals surface area contributed by atoms with Gasteiger partial charge in [0.05, 0.1) is 18.8 Å². The predicted molar refractivity (Wildman–Crippen MR) is 56.9 cm³/mol. The third kappa shape index (κ3) is 4.67. The van der Waals surface area contributed by atoms with Gasteiger partial charge < -0.3 is 14.9 Å². The molecule has 0 aromatic carbocycles. The van der Waals surface area contributed by atoms with Crippen LogP contribution in [0, 0.1) is 0 Å². The first-order chi connectivity index (χ1) is 7.16. The highest BCUT2D eigenvalue weighted by Gasteiger charge is 2.46. The second kappa shape index (κ2) is 6.67. The molecule has 0 spiro atoms. The first kappa shape index (κ1) is 13.2.